The van der Waals surface area contributed by atoms with Crippen LogP contribution in [-0.2, 0) is 9.53 Å². The summed E-state index contributed by atoms with van der Waals surface area (Å²) in [6.45, 7) is 4.03. The molecule has 2 N–H and O–H groups in total. The molecule has 1 aliphatic heterocycles. The Kier molecular flexibility index (Phi) is 4.82. The highest BCUT2D eigenvalue weighted by atomic mass is 79.9. The first-order valence-corrected chi connectivity index (χ1v) is 8.11. The van der Waals surface area contributed by atoms with E-state index in [1.807, 2.05) is 26.0 Å². The van der Waals surface area contributed by atoms with Gasteiger partial charge in [-0.15, -0.1) is 11.3 Å². The van der Waals surface area contributed by atoms with Crippen molar-refractivity contribution in [3.63, 3.8) is 0 Å². The van der Waals surface area contributed by atoms with Gasteiger partial charge in [-0.3, -0.25) is 0 Å². The Morgan fingerprint density at radius 1 is 1.50 bits per heavy atom. The Bertz CT molecular complexity index is 581. The van der Waals surface area contributed by atoms with E-state index in [2.05, 4.69) is 26.6 Å². The second-order valence-electron chi connectivity index (χ2n) is 4.65. The lowest BCUT2D eigenvalue weighted by atomic mass is 9.95. The highest BCUT2D eigenvalue weighted by Gasteiger charge is 2.33. The minimum atomic E-state index is -0.342. The first-order valence-electron chi connectivity index (χ1n) is 6.09. The zero-order chi connectivity index (χ0) is 14.9. The van der Waals surface area contributed by atoms with E-state index in [0.29, 0.717) is 10.7 Å². The Morgan fingerprint density at radius 2 is 2.20 bits per heavy atom. The average Bonchev–Trinajstić information content (AvgIpc) is 2.83. The molecule has 0 radical (unpaired) electrons. The van der Waals surface area contributed by atoms with Crippen molar-refractivity contribution in [1.29, 1.82) is 0 Å². The van der Waals surface area contributed by atoms with Crippen molar-refractivity contribution in [3.05, 3.63) is 32.1 Å². The third-order valence-corrected chi connectivity index (χ3v) is 4.87. The van der Waals surface area contributed by atoms with Crippen LogP contribution in [0, 0.1) is 5.92 Å². The number of thiocarbonyl (C=S) groups is 1. The number of halogens is 1. The quantitative estimate of drug-likeness (QED) is 0.628. The van der Waals surface area contributed by atoms with E-state index in [0.717, 1.165) is 14.4 Å². The normalized spacial score (nSPS) is 18.9. The fourth-order valence-electron chi connectivity index (χ4n) is 2.07. The van der Waals surface area contributed by atoms with E-state index in [1.165, 1.54) is 7.11 Å². The van der Waals surface area contributed by atoms with Crippen LogP contribution in [0.2, 0.25) is 0 Å². The van der Waals surface area contributed by atoms with Crippen molar-refractivity contribution >= 4 is 50.6 Å². The molecule has 0 amide bonds. The van der Waals surface area contributed by atoms with Crippen LogP contribution in [0.4, 0.5) is 0 Å². The predicted octanol–water partition coefficient (Wildman–Crippen LogP) is 3.11. The Labute approximate surface area is 135 Å². The summed E-state index contributed by atoms with van der Waals surface area (Å²) in [7, 11) is 1.39. The summed E-state index contributed by atoms with van der Waals surface area (Å²) in [5, 5.41) is 6.75. The SMILES string of the molecule is COC(=O)C1=C(C(C)C)NC(=S)N[C@H]1c1ccc(Br)s1. The Hall–Kier alpha value is -0.920. The summed E-state index contributed by atoms with van der Waals surface area (Å²) < 4.78 is 5.95. The third-order valence-electron chi connectivity index (χ3n) is 2.96. The van der Waals surface area contributed by atoms with Gasteiger partial charge in [-0.25, -0.2) is 4.79 Å². The molecule has 20 heavy (non-hydrogen) atoms. The fourth-order valence-corrected chi connectivity index (χ4v) is 3.79. The van der Waals surface area contributed by atoms with Crippen LogP contribution in [0.3, 0.4) is 0 Å². The number of carbonyl (C=O) groups excluding carboxylic acids is 1. The van der Waals surface area contributed by atoms with Crippen LogP contribution in [-0.4, -0.2) is 18.2 Å². The second-order valence-corrected chi connectivity index (χ2v) is 7.55. The standard InChI is InChI=1S/C13H15BrN2O2S2/c1-6(2)10-9(12(17)18-3)11(16-13(19)15-10)7-4-5-8(14)20-7/h4-6,11H,1-3H3,(H2,15,16,19)/t11-/m0/s1. The molecule has 4 nitrogen and oxygen atoms in total. The molecule has 0 spiro atoms. The number of allylic oxidation sites excluding steroid dienone is 1. The number of hydrogen-bond acceptors (Lipinski definition) is 4. The molecule has 0 saturated heterocycles. The van der Waals surface area contributed by atoms with Crippen LogP contribution >= 0.6 is 39.5 Å². The molecular formula is C13H15BrN2O2S2. The molecule has 0 unspecified atom stereocenters. The maximum absolute atomic E-state index is 12.2. The lowest BCUT2D eigenvalue weighted by Crippen LogP contribution is -2.46. The highest BCUT2D eigenvalue weighted by molar-refractivity contribution is 9.11. The summed E-state index contributed by atoms with van der Waals surface area (Å²) >= 11 is 10.3. The number of thiophene rings is 1. The number of methoxy groups -OCH3 is 1. The van der Waals surface area contributed by atoms with Gasteiger partial charge in [0.2, 0.25) is 0 Å². The van der Waals surface area contributed by atoms with Gasteiger partial charge in [0.05, 0.1) is 22.5 Å². The van der Waals surface area contributed by atoms with Crippen LogP contribution in [0.5, 0.6) is 0 Å². The van der Waals surface area contributed by atoms with Crippen molar-refractivity contribution in [1.82, 2.24) is 10.6 Å². The molecule has 2 rings (SSSR count). The molecule has 0 bridgehead atoms. The maximum atomic E-state index is 12.2. The predicted molar refractivity (Wildman–Crippen MR) is 87.5 cm³/mol. The lowest BCUT2D eigenvalue weighted by Gasteiger charge is -2.31. The van der Waals surface area contributed by atoms with Crippen LogP contribution < -0.4 is 10.6 Å². The lowest BCUT2D eigenvalue weighted by molar-refractivity contribution is -0.136. The number of rotatable bonds is 3. The van der Waals surface area contributed by atoms with Gasteiger partial charge >= 0.3 is 5.97 Å². The van der Waals surface area contributed by atoms with Crippen molar-refractivity contribution in [2.24, 2.45) is 5.92 Å². The molecule has 0 aromatic carbocycles. The minimum absolute atomic E-state index is 0.148. The van der Waals surface area contributed by atoms with Crippen molar-refractivity contribution in [3.8, 4) is 0 Å². The van der Waals surface area contributed by atoms with Crippen LogP contribution in [0.1, 0.15) is 24.8 Å². The first-order chi connectivity index (χ1) is 9.43. The minimum Gasteiger partial charge on any atom is -0.466 e. The molecular weight excluding hydrogens is 360 g/mol. The summed E-state index contributed by atoms with van der Waals surface area (Å²) in [5.41, 5.74) is 1.40. The van der Waals surface area contributed by atoms with E-state index < -0.39 is 0 Å². The summed E-state index contributed by atoms with van der Waals surface area (Å²) in [4.78, 5) is 13.2. The molecule has 0 fully saturated rings. The van der Waals surface area contributed by atoms with Gasteiger partial charge < -0.3 is 15.4 Å². The zero-order valence-electron chi connectivity index (χ0n) is 11.3. The summed E-state index contributed by atoms with van der Waals surface area (Å²) in [6.07, 6.45) is 0. The molecule has 1 aromatic heterocycles. The van der Waals surface area contributed by atoms with Crippen LogP contribution in [0.25, 0.3) is 0 Å². The Morgan fingerprint density at radius 3 is 2.70 bits per heavy atom. The second kappa shape index (κ2) is 6.24. The molecule has 1 atom stereocenters. The molecule has 1 aromatic rings. The number of carbonyl (C=O) groups is 1. The van der Waals surface area contributed by atoms with Crippen LogP contribution in [0.15, 0.2) is 27.2 Å². The molecule has 0 saturated carbocycles. The molecule has 1 aliphatic rings. The van der Waals surface area contributed by atoms with Gasteiger partial charge in [-0.05, 0) is 46.2 Å². The number of esters is 1. The molecule has 2 heterocycles. The third kappa shape index (κ3) is 3.05. The molecule has 7 heteroatoms. The first kappa shape index (κ1) is 15.5. The smallest absolute Gasteiger partial charge is 0.338 e. The molecule has 108 valence electrons. The van der Waals surface area contributed by atoms with Gasteiger partial charge in [-0.1, -0.05) is 13.8 Å². The Balaban J connectivity index is 2.54. The van der Waals surface area contributed by atoms with E-state index in [9.17, 15) is 4.79 Å². The monoisotopic (exact) mass is 374 g/mol. The summed E-state index contributed by atoms with van der Waals surface area (Å²) in [6, 6.07) is 3.66. The number of hydrogen-bond donors (Lipinski definition) is 2. The van der Waals surface area contributed by atoms with E-state index in [1.54, 1.807) is 11.3 Å². The van der Waals surface area contributed by atoms with Crippen molar-refractivity contribution in [2.75, 3.05) is 7.11 Å². The van der Waals surface area contributed by atoms with Crippen molar-refractivity contribution < 1.29 is 9.53 Å². The van der Waals surface area contributed by atoms with E-state index in [4.69, 9.17) is 17.0 Å². The highest BCUT2D eigenvalue weighted by Crippen LogP contribution is 2.35. The van der Waals surface area contributed by atoms with E-state index in [-0.39, 0.29) is 17.9 Å². The zero-order valence-corrected chi connectivity index (χ0v) is 14.5. The average molecular weight is 375 g/mol. The maximum Gasteiger partial charge on any atom is 0.338 e. The van der Waals surface area contributed by atoms with Gasteiger partial charge in [0.15, 0.2) is 5.11 Å². The molecule has 0 aliphatic carbocycles. The number of nitrogens with one attached hydrogen (secondary N) is 2. The van der Waals surface area contributed by atoms with Crippen molar-refractivity contribution in [2.45, 2.75) is 19.9 Å². The van der Waals surface area contributed by atoms with Gasteiger partial charge in [0, 0.05) is 10.6 Å². The van der Waals surface area contributed by atoms with Gasteiger partial charge in [0.25, 0.3) is 0 Å². The summed E-state index contributed by atoms with van der Waals surface area (Å²) in [5.74, 6) is -0.194. The fraction of sp³-hybridized carbons (Fsp3) is 0.385. The number of ether oxygens (including phenoxy) is 1. The largest absolute Gasteiger partial charge is 0.466 e. The van der Waals surface area contributed by atoms with Gasteiger partial charge in [-0.2, -0.15) is 0 Å². The topological polar surface area (TPSA) is 50.4 Å². The van der Waals surface area contributed by atoms with E-state index >= 15 is 0 Å². The van der Waals surface area contributed by atoms with Gasteiger partial charge in [0.1, 0.15) is 0 Å².